The van der Waals surface area contributed by atoms with Crippen molar-refractivity contribution in [3.05, 3.63) is 10.8 Å². The van der Waals surface area contributed by atoms with Gasteiger partial charge in [0, 0.05) is 13.1 Å². The van der Waals surface area contributed by atoms with Crippen LogP contribution in [0.3, 0.4) is 0 Å². The Morgan fingerprint density at radius 3 is 2.67 bits per heavy atom. The van der Waals surface area contributed by atoms with Crippen LogP contribution >= 0.6 is 15.9 Å². The van der Waals surface area contributed by atoms with Crippen LogP contribution in [0.1, 0.15) is 0 Å². The molecule has 0 unspecified atom stereocenters. The minimum absolute atomic E-state index is 0.567. The third-order valence-electron chi connectivity index (χ3n) is 1.78. The van der Waals surface area contributed by atoms with E-state index in [4.69, 9.17) is 5.84 Å². The standard InChI is InChI=1S/C8H15BrN6/c1-15(2)4-3-11-7-6(9)8(14-10)13-5-12-7/h5H,3-4,10H2,1-2H3,(H2,11,12,13,14). The van der Waals surface area contributed by atoms with Crippen LogP contribution in [0.4, 0.5) is 11.6 Å². The Balaban J connectivity index is 2.61. The first-order valence-corrected chi connectivity index (χ1v) is 5.30. The van der Waals surface area contributed by atoms with Crippen molar-refractivity contribution < 1.29 is 0 Å². The molecular weight excluding hydrogens is 260 g/mol. The van der Waals surface area contributed by atoms with E-state index in [-0.39, 0.29) is 0 Å². The highest BCUT2D eigenvalue weighted by atomic mass is 79.9. The molecule has 0 aliphatic heterocycles. The topological polar surface area (TPSA) is 79.1 Å². The van der Waals surface area contributed by atoms with Gasteiger partial charge in [0.1, 0.15) is 16.6 Å². The van der Waals surface area contributed by atoms with Gasteiger partial charge in [0.25, 0.3) is 0 Å². The van der Waals surface area contributed by atoms with E-state index in [1.165, 1.54) is 6.33 Å². The number of aromatic nitrogens is 2. The number of likely N-dealkylation sites (N-methyl/N-ethyl adjacent to an activating group) is 1. The third-order valence-corrected chi connectivity index (χ3v) is 2.53. The summed E-state index contributed by atoms with van der Waals surface area (Å²) < 4.78 is 0.742. The minimum Gasteiger partial charge on any atom is -0.368 e. The second-order valence-corrected chi connectivity index (χ2v) is 4.05. The molecular formula is C8H15BrN6. The summed E-state index contributed by atoms with van der Waals surface area (Å²) in [4.78, 5) is 10.1. The summed E-state index contributed by atoms with van der Waals surface area (Å²) in [7, 11) is 4.03. The third kappa shape index (κ3) is 3.61. The molecule has 0 spiro atoms. The number of hydrogen-bond acceptors (Lipinski definition) is 6. The lowest BCUT2D eigenvalue weighted by atomic mass is 10.5. The maximum absolute atomic E-state index is 5.29. The first-order valence-electron chi connectivity index (χ1n) is 4.51. The summed E-state index contributed by atoms with van der Waals surface area (Å²) in [5.74, 6) is 6.59. The van der Waals surface area contributed by atoms with E-state index in [0.717, 1.165) is 23.4 Å². The fourth-order valence-electron chi connectivity index (χ4n) is 0.992. The molecule has 0 fully saturated rings. The number of anilines is 2. The summed E-state index contributed by atoms with van der Waals surface area (Å²) in [6.07, 6.45) is 1.46. The fourth-order valence-corrected chi connectivity index (χ4v) is 1.45. The molecule has 1 heterocycles. The minimum atomic E-state index is 0.567. The molecule has 6 nitrogen and oxygen atoms in total. The van der Waals surface area contributed by atoms with Crippen LogP contribution < -0.4 is 16.6 Å². The van der Waals surface area contributed by atoms with E-state index >= 15 is 0 Å². The van der Waals surface area contributed by atoms with Gasteiger partial charge >= 0.3 is 0 Å². The van der Waals surface area contributed by atoms with Crippen molar-refractivity contribution in [2.75, 3.05) is 37.9 Å². The highest BCUT2D eigenvalue weighted by molar-refractivity contribution is 9.10. The summed E-state index contributed by atoms with van der Waals surface area (Å²) in [6.45, 7) is 1.74. The first kappa shape index (κ1) is 12.2. The monoisotopic (exact) mass is 274 g/mol. The Morgan fingerprint density at radius 2 is 2.07 bits per heavy atom. The Labute approximate surface area is 97.4 Å². The summed E-state index contributed by atoms with van der Waals surface area (Å²) in [6, 6.07) is 0. The number of rotatable bonds is 5. The fraction of sp³-hybridized carbons (Fsp3) is 0.500. The van der Waals surface area contributed by atoms with Gasteiger partial charge < -0.3 is 15.6 Å². The van der Waals surface area contributed by atoms with Crippen LogP contribution in [-0.2, 0) is 0 Å². The summed E-state index contributed by atoms with van der Waals surface area (Å²) in [5.41, 5.74) is 2.49. The molecule has 84 valence electrons. The van der Waals surface area contributed by atoms with Gasteiger partial charge in [-0.15, -0.1) is 0 Å². The number of nitrogens with two attached hydrogens (primary N) is 1. The predicted octanol–water partition coefficient (Wildman–Crippen LogP) is 0.498. The van der Waals surface area contributed by atoms with Crippen molar-refractivity contribution in [1.29, 1.82) is 0 Å². The predicted molar refractivity (Wildman–Crippen MR) is 64.6 cm³/mol. The van der Waals surface area contributed by atoms with Gasteiger partial charge in [0.15, 0.2) is 5.82 Å². The number of nitrogens with one attached hydrogen (secondary N) is 2. The number of halogens is 1. The number of hydrazine groups is 1. The van der Waals surface area contributed by atoms with E-state index in [2.05, 4.69) is 41.5 Å². The molecule has 0 saturated carbocycles. The zero-order valence-corrected chi connectivity index (χ0v) is 10.4. The highest BCUT2D eigenvalue weighted by Crippen LogP contribution is 2.25. The van der Waals surface area contributed by atoms with Crippen molar-refractivity contribution in [1.82, 2.24) is 14.9 Å². The van der Waals surface area contributed by atoms with Gasteiger partial charge in [-0.1, -0.05) is 0 Å². The molecule has 0 radical (unpaired) electrons. The molecule has 0 aliphatic rings. The SMILES string of the molecule is CN(C)CCNc1ncnc(NN)c1Br. The van der Waals surface area contributed by atoms with E-state index in [1.807, 2.05) is 14.1 Å². The van der Waals surface area contributed by atoms with Crippen molar-refractivity contribution in [2.24, 2.45) is 5.84 Å². The number of hydrogen-bond donors (Lipinski definition) is 3. The Morgan fingerprint density at radius 1 is 1.40 bits per heavy atom. The molecule has 1 aromatic heterocycles. The van der Waals surface area contributed by atoms with Crippen LogP contribution in [0, 0.1) is 0 Å². The van der Waals surface area contributed by atoms with E-state index < -0.39 is 0 Å². The molecule has 15 heavy (non-hydrogen) atoms. The molecule has 7 heteroatoms. The van der Waals surface area contributed by atoms with Gasteiger partial charge in [-0.3, -0.25) is 0 Å². The van der Waals surface area contributed by atoms with Crippen LogP contribution in [0.25, 0.3) is 0 Å². The van der Waals surface area contributed by atoms with Crippen LogP contribution in [0.15, 0.2) is 10.8 Å². The Kier molecular flexibility index (Phi) is 4.73. The van der Waals surface area contributed by atoms with Crippen LogP contribution in [0.5, 0.6) is 0 Å². The second kappa shape index (κ2) is 5.84. The van der Waals surface area contributed by atoms with Gasteiger partial charge in [-0.25, -0.2) is 15.8 Å². The van der Waals surface area contributed by atoms with E-state index in [9.17, 15) is 0 Å². The number of nitrogen functional groups attached to an aromatic ring is 1. The summed E-state index contributed by atoms with van der Waals surface area (Å²) in [5, 5.41) is 3.18. The average Bonchev–Trinajstić information content (AvgIpc) is 2.20. The lowest BCUT2D eigenvalue weighted by Crippen LogP contribution is -2.21. The van der Waals surface area contributed by atoms with Crippen molar-refractivity contribution in [3.8, 4) is 0 Å². The van der Waals surface area contributed by atoms with E-state index in [1.54, 1.807) is 0 Å². The molecule has 1 aromatic rings. The van der Waals surface area contributed by atoms with Crippen molar-refractivity contribution in [2.45, 2.75) is 0 Å². The lowest BCUT2D eigenvalue weighted by Gasteiger charge is -2.12. The zero-order valence-electron chi connectivity index (χ0n) is 8.79. The largest absolute Gasteiger partial charge is 0.368 e. The summed E-state index contributed by atoms with van der Waals surface area (Å²) >= 11 is 3.37. The van der Waals surface area contributed by atoms with Crippen LogP contribution in [0.2, 0.25) is 0 Å². The second-order valence-electron chi connectivity index (χ2n) is 3.26. The molecule has 0 aromatic carbocycles. The highest BCUT2D eigenvalue weighted by Gasteiger charge is 2.06. The van der Waals surface area contributed by atoms with E-state index in [0.29, 0.717) is 5.82 Å². The first-order chi connectivity index (χ1) is 7.15. The normalized spacial score (nSPS) is 10.5. The maximum Gasteiger partial charge on any atom is 0.159 e. The van der Waals surface area contributed by atoms with Gasteiger partial charge in [-0.2, -0.15) is 0 Å². The van der Waals surface area contributed by atoms with Crippen LogP contribution in [-0.4, -0.2) is 42.1 Å². The van der Waals surface area contributed by atoms with Crippen molar-refractivity contribution in [3.63, 3.8) is 0 Å². The molecule has 0 saturated heterocycles. The van der Waals surface area contributed by atoms with Gasteiger partial charge in [-0.05, 0) is 30.0 Å². The van der Waals surface area contributed by atoms with Crippen molar-refractivity contribution >= 4 is 27.6 Å². The quantitative estimate of drug-likeness (QED) is 0.536. The molecule has 4 N–H and O–H groups in total. The smallest absolute Gasteiger partial charge is 0.159 e. The number of nitrogens with zero attached hydrogens (tertiary/aromatic N) is 3. The molecule has 0 bridgehead atoms. The average molecular weight is 275 g/mol. The zero-order chi connectivity index (χ0) is 11.3. The Bertz CT molecular complexity index is 316. The lowest BCUT2D eigenvalue weighted by molar-refractivity contribution is 0.425. The Hall–Kier alpha value is -0.920. The van der Waals surface area contributed by atoms with Gasteiger partial charge in [0.2, 0.25) is 0 Å². The molecule has 1 rings (SSSR count). The van der Waals surface area contributed by atoms with Gasteiger partial charge in [0.05, 0.1) is 0 Å². The molecule has 0 atom stereocenters. The maximum atomic E-state index is 5.29. The molecule has 0 amide bonds. The molecule has 0 aliphatic carbocycles.